The van der Waals surface area contributed by atoms with Gasteiger partial charge < -0.3 is 15.6 Å². The van der Waals surface area contributed by atoms with E-state index in [4.69, 9.17) is 5.73 Å². The summed E-state index contributed by atoms with van der Waals surface area (Å²) >= 11 is 1.38. The van der Waals surface area contributed by atoms with Gasteiger partial charge in [-0.2, -0.15) is 0 Å². The van der Waals surface area contributed by atoms with Crippen LogP contribution in [-0.2, 0) is 22.6 Å². The van der Waals surface area contributed by atoms with E-state index in [0.29, 0.717) is 24.0 Å². The lowest BCUT2D eigenvalue weighted by atomic mass is 10.0. The van der Waals surface area contributed by atoms with E-state index < -0.39 is 0 Å². The summed E-state index contributed by atoms with van der Waals surface area (Å²) in [7, 11) is 0. The predicted molar refractivity (Wildman–Crippen MR) is 116 cm³/mol. The van der Waals surface area contributed by atoms with Crippen LogP contribution in [0, 0.1) is 5.92 Å². The summed E-state index contributed by atoms with van der Waals surface area (Å²) in [5, 5.41) is 11.9. The number of hydrogen-bond acceptors (Lipinski definition) is 5. The molecule has 7 nitrogen and oxygen atoms in total. The normalized spacial score (nSPS) is 13.3. The number of rotatable bonds is 11. The fourth-order valence-electron chi connectivity index (χ4n) is 2.88. The third-order valence-electron chi connectivity index (χ3n) is 4.54. The predicted octanol–water partition coefficient (Wildman–Crippen LogP) is 2.75. The Morgan fingerprint density at radius 3 is 2.45 bits per heavy atom. The van der Waals surface area contributed by atoms with Gasteiger partial charge in [-0.3, -0.25) is 9.59 Å². The minimum Gasteiger partial charge on any atom is -0.370 e. The van der Waals surface area contributed by atoms with Gasteiger partial charge in [0.15, 0.2) is 5.16 Å². The molecule has 8 heteroatoms. The maximum Gasteiger partial charge on any atom is 0.233 e. The van der Waals surface area contributed by atoms with Crippen molar-refractivity contribution in [1.29, 1.82) is 0 Å². The van der Waals surface area contributed by atoms with Crippen molar-refractivity contribution in [3.8, 4) is 0 Å². The van der Waals surface area contributed by atoms with Gasteiger partial charge in [-0.1, -0.05) is 62.9 Å². The van der Waals surface area contributed by atoms with Crippen LogP contribution in [0.15, 0.2) is 35.5 Å². The molecule has 3 N–H and O–H groups in total. The van der Waals surface area contributed by atoms with E-state index in [-0.39, 0.29) is 29.4 Å². The largest absolute Gasteiger partial charge is 0.370 e. The Hall–Kier alpha value is -2.35. The number of amides is 2. The lowest BCUT2D eigenvalue weighted by molar-refractivity contribution is -0.120. The summed E-state index contributed by atoms with van der Waals surface area (Å²) in [6.07, 6.45) is 0.680. The van der Waals surface area contributed by atoms with E-state index in [1.54, 1.807) is 0 Å². The first kappa shape index (κ1) is 22.9. The molecule has 0 saturated carbocycles. The number of primary amides is 1. The Morgan fingerprint density at radius 2 is 1.83 bits per heavy atom. The number of nitrogens with two attached hydrogens (primary N) is 1. The zero-order valence-electron chi connectivity index (χ0n) is 17.6. The van der Waals surface area contributed by atoms with Crippen molar-refractivity contribution < 1.29 is 9.59 Å². The summed E-state index contributed by atoms with van der Waals surface area (Å²) in [4.78, 5) is 23.7. The molecule has 0 spiro atoms. The second kappa shape index (κ2) is 11.0. The second-order valence-corrected chi connectivity index (χ2v) is 8.99. The van der Waals surface area contributed by atoms with Crippen LogP contribution in [-0.4, -0.2) is 38.4 Å². The molecule has 2 unspecified atom stereocenters. The van der Waals surface area contributed by atoms with Gasteiger partial charge in [-0.15, -0.1) is 10.2 Å². The van der Waals surface area contributed by atoms with E-state index in [2.05, 4.69) is 48.4 Å². The van der Waals surface area contributed by atoms with E-state index in [9.17, 15) is 9.59 Å². The van der Waals surface area contributed by atoms with Crippen molar-refractivity contribution >= 4 is 23.6 Å². The van der Waals surface area contributed by atoms with Crippen LogP contribution < -0.4 is 11.1 Å². The zero-order valence-corrected chi connectivity index (χ0v) is 18.4. The highest BCUT2D eigenvalue weighted by Gasteiger charge is 2.21. The van der Waals surface area contributed by atoms with E-state index >= 15 is 0 Å². The first-order valence-electron chi connectivity index (χ1n) is 9.97. The molecule has 0 aliphatic rings. The Bertz CT molecular complexity index is 807. The maximum atomic E-state index is 12.6. The van der Waals surface area contributed by atoms with Crippen LogP contribution in [0.3, 0.4) is 0 Å². The molecule has 1 aromatic carbocycles. The number of nitrogens with one attached hydrogen (secondary N) is 1. The molecule has 2 rings (SSSR count). The van der Waals surface area contributed by atoms with Crippen molar-refractivity contribution in [2.75, 3.05) is 6.54 Å². The molecule has 0 fully saturated rings. The maximum absolute atomic E-state index is 12.6. The molecule has 158 valence electrons. The molecule has 1 heterocycles. The van der Waals surface area contributed by atoms with Gasteiger partial charge in [0.25, 0.3) is 0 Å². The minimum absolute atomic E-state index is 0.0319. The van der Waals surface area contributed by atoms with Crippen LogP contribution in [0.5, 0.6) is 0 Å². The average Bonchev–Trinajstić information content (AvgIpc) is 3.05. The summed E-state index contributed by atoms with van der Waals surface area (Å²) < 4.78 is 1.99. The summed E-state index contributed by atoms with van der Waals surface area (Å²) in [5.74, 6) is 0.954. The van der Waals surface area contributed by atoms with Gasteiger partial charge in [0, 0.05) is 25.9 Å². The number of thioether (sulfide) groups is 1. The molecule has 2 aromatic rings. The molecular formula is C21H31N5O2S. The van der Waals surface area contributed by atoms with Crippen LogP contribution >= 0.6 is 11.8 Å². The smallest absolute Gasteiger partial charge is 0.233 e. The van der Waals surface area contributed by atoms with Crippen molar-refractivity contribution in [2.45, 2.75) is 63.4 Å². The number of aryl methyl sites for hydroxylation is 1. The Labute approximate surface area is 176 Å². The highest BCUT2D eigenvalue weighted by molar-refractivity contribution is 8.00. The van der Waals surface area contributed by atoms with Crippen molar-refractivity contribution in [2.24, 2.45) is 11.7 Å². The molecule has 1 aromatic heterocycles. The van der Waals surface area contributed by atoms with Crippen LogP contribution in [0.25, 0.3) is 0 Å². The van der Waals surface area contributed by atoms with E-state index in [1.165, 1.54) is 17.3 Å². The number of carbonyl (C=O) groups is 2. The Morgan fingerprint density at radius 1 is 1.14 bits per heavy atom. The third kappa shape index (κ3) is 7.20. The van der Waals surface area contributed by atoms with Crippen molar-refractivity contribution in [1.82, 2.24) is 20.1 Å². The van der Waals surface area contributed by atoms with Crippen LogP contribution in [0.2, 0.25) is 0 Å². The Balaban J connectivity index is 1.98. The SMILES string of the molecule is CC(C)Cn1c(CCC(N)=O)nnc1SC(C)C(=O)NCC(C)c1ccccc1. The van der Waals surface area contributed by atoms with Gasteiger partial charge >= 0.3 is 0 Å². The third-order valence-corrected chi connectivity index (χ3v) is 5.62. The van der Waals surface area contributed by atoms with Crippen molar-refractivity contribution in [3.63, 3.8) is 0 Å². The lowest BCUT2D eigenvalue weighted by Gasteiger charge is -2.17. The average molecular weight is 418 g/mol. The number of benzene rings is 1. The number of nitrogens with zero attached hydrogens (tertiary/aromatic N) is 3. The topological polar surface area (TPSA) is 103 Å². The first-order chi connectivity index (χ1) is 13.8. The number of carbonyl (C=O) groups excluding carboxylic acids is 2. The first-order valence-corrected chi connectivity index (χ1v) is 10.9. The molecule has 0 bridgehead atoms. The minimum atomic E-state index is -0.362. The van der Waals surface area contributed by atoms with Gasteiger partial charge in [-0.25, -0.2) is 0 Å². The van der Waals surface area contributed by atoms with Gasteiger partial charge in [0.1, 0.15) is 5.82 Å². The molecular weight excluding hydrogens is 386 g/mol. The quantitative estimate of drug-likeness (QED) is 0.547. The molecule has 29 heavy (non-hydrogen) atoms. The van der Waals surface area contributed by atoms with Gasteiger partial charge in [0.05, 0.1) is 5.25 Å². The van der Waals surface area contributed by atoms with Crippen molar-refractivity contribution in [3.05, 3.63) is 41.7 Å². The molecule has 0 aliphatic heterocycles. The van der Waals surface area contributed by atoms with Crippen LogP contribution in [0.4, 0.5) is 0 Å². The standard InChI is InChI=1S/C21H31N5O2S/c1-14(2)13-26-19(11-10-18(22)27)24-25-21(26)29-16(4)20(28)23-12-15(3)17-8-6-5-7-9-17/h5-9,14-16H,10-13H2,1-4H3,(H2,22,27)(H,23,28). The number of aromatic nitrogens is 3. The number of hydrogen-bond donors (Lipinski definition) is 2. The van der Waals surface area contributed by atoms with Gasteiger partial charge in [0.2, 0.25) is 11.8 Å². The zero-order chi connectivity index (χ0) is 21.4. The molecule has 2 amide bonds. The van der Waals surface area contributed by atoms with Crippen LogP contribution in [0.1, 0.15) is 51.4 Å². The fourth-order valence-corrected chi connectivity index (χ4v) is 3.78. The molecule has 0 aliphatic carbocycles. The monoisotopic (exact) mass is 417 g/mol. The second-order valence-electron chi connectivity index (χ2n) is 7.69. The fraction of sp³-hybridized carbons (Fsp3) is 0.524. The molecule has 0 radical (unpaired) electrons. The van der Waals surface area contributed by atoms with Gasteiger partial charge in [-0.05, 0) is 24.3 Å². The molecule has 0 saturated heterocycles. The Kier molecular flexibility index (Phi) is 8.70. The molecule has 2 atom stereocenters. The van der Waals surface area contributed by atoms with E-state index in [1.807, 2.05) is 29.7 Å². The summed E-state index contributed by atoms with van der Waals surface area (Å²) in [5.41, 5.74) is 6.46. The lowest BCUT2D eigenvalue weighted by Crippen LogP contribution is -2.33. The van der Waals surface area contributed by atoms with E-state index in [0.717, 1.165) is 12.4 Å². The highest BCUT2D eigenvalue weighted by atomic mass is 32.2. The highest BCUT2D eigenvalue weighted by Crippen LogP contribution is 2.24. The summed E-state index contributed by atoms with van der Waals surface area (Å²) in [6.45, 7) is 9.47. The summed E-state index contributed by atoms with van der Waals surface area (Å²) in [6, 6.07) is 10.1.